The molecule has 0 amide bonds. The highest BCUT2D eigenvalue weighted by atomic mass is 14.2. The summed E-state index contributed by atoms with van der Waals surface area (Å²) in [6.07, 6.45) is 0. The Balaban J connectivity index is 1.52. The lowest BCUT2D eigenvalue weighted by molar-refractivity contribution is 1.67. The monoisotopic (exact) mass is 480 g/mol. The Morgan fingerprint density at radius 1 is 0.237 bits per heavy atom. The van der Waals surface area contributed by atoms with Gasteiger partial charge in [-0.15, -0.1) is 0 Å². The largest absolute Gasteiger partial charge is 0.0622 e. The van der Waals surface area contributed by atoms with Crippen LogP contribution in [-0.4, -0.2) is 0 Å². The summed E-state index contributed by atoms with van der Waals surface area (Å²) in [5.74, 6) is 0. The molecule has 0 nitrogen and oxygen atoms in total. The summed E-state index contributed by atoms with van der Waals surface area (Å²) in [6.45, 7) is 0. The van der Waals surface area contributed by atoms with Crippen LogP contribution >= 0.6 is 0 Å². The first-order chi connectivity index (χ1) is 18.8. The van der Waals surface area contributed by atoms with Gasteiger partial charge in [0.25, 0.3) is 0 Å². The number of fused-ring (bicyclic) bond motifs is 6. The van der Waals surface area contributed by atoms with E-state index in [0.29, 0.717) is 0 Å². The van der Waals surface area contributed by atoms with Crippen molar-refractivity contribution in [2.45, 2.75) is 0 Å². The first kappa shape index (κ1) is 21.2. The molecule has 0 aromatic heterocycles. The molecule has 0 aliphatic rings. The minimum absolute atomic E-state index is 1.25. The van der Waals surface area contributed by atoms with Gasteiger partial charge >= 0.3 is 0 Å². The van der Waals surface area contributed by atoms with Crippen LogP contribution in [0.4, 0.5) is 0 Å². The van der Waals surface area contributed by atoms with Crippen molar-refractivity contribution in [3.63, 3.8) is 0 Å². The Morgan fingerprint density at radius 2 is 0.789 bits per heavy atom. The maximum Gasteiger partial charge on any atom is -0.00264 e. The van der Waals surface area contributed by atoms with Crippen molar-refractivity contribution in [3.05, 3.63) is 146 Å². The average Bonchev–Trinajstić information content (AvgIpc) is 2.99. The maximum absolute atomic E-state index is 2.42. The van der Waals surface area contributed by atoms with Crippen molar-refractivity contribution in [3.8, 4) is 22.3 Å². The highest BCUT2D eigenvalue weighted by Crippen LogP contribution is 2.42. The van der Waals surface area contributed by atoms with Crippen LogP contribution in [-0.2, 0) is 0 Å². The predicted molar refractivity (Wildman–Crippen MR) is 165 cm³/mol. The summed E-state index contributed by atoms with van der Waals surface area (Å²) < 4.78 is 0. The molecule has 0 spiro atoms. The zero-order valence-electron chi connectivity index (χ0n) is 20.9. The van der Waals surface area contributed by atoms with Crippen LogP contribution in [0.2, 0.25) is 0 Å². The Morgan fingerprint density at radius 3 is 1.55 bits per heavy atom. The molecule has 8 rings (SSSR count). The van der Waals surface area contributed by atoms with Gasteiger partial charge in [0.1, 0.15) is 0 Å². The molecule has 0 unspecified atom stereocenters. The van der Waals surface area contributed by atoms with Crippen LogP contribution < -0.4 is 0 Å². The lowest BCUT2D eigenvalue weighted by atomic mass is 9.87. The zero-order chi connectivity index (χ0) is 25.1. The van der Waals surface area contributed by atoms with Crippen molar-refractivity contribution in [2.24, 2.45) is 0 Å². The van der Waals surface area contributed by atoms with E-state index >= 15 is 0 Å². The van der Waals surface area contributed by atoms with E-state index in [1.807, 2.05) is 0 Å². The molecule has 0 bridgehead atoms. The Kier molecular flexibility index (Phi) is 4.62. The molecule has 0 heterocycles. The van der Waals surface area contributed by atoms with E-state index in [4.69, 9.17) is 0 Å². The van der Waals surface area contributed by atoms with E-state index in [1.54, 1.807) is 0 Å². The van der Waals surface area contributed by atoms with E-state index in [-0.39, 0.29) is 0 Å². The van der Waals surface area contributed by atoms with Crippen LogP contribution in [0.5, 0.6) is 0 Å². The molecular weight excluding hydrogens is 456 g/mol. The van der Waals surface area contributed by atoms with Gasteiger partial charge in [-0.25, -0.2) is 0 Å². The van der Waals surface area contributed by atoms with E-state index in [9.17, 15) is 0 Å². The molecule has 38 heavy (non-hydrogen) atoms. The molecule has 0 aliphatic heterocycles. The predicted octanol–water partition coefficient (Wildman–Crippen LogP) is 10.8. The fourth-order valence-electron chi connectivity index (χ4n) is 6.26. The third-order valence-corrected chi connectivity index (χ3v) is 7.98. The minimum atomic E-state index is 1.25. The van der Waals surface area contributed by atoms with E-state index in [1.165, 1.54) is 76.1 Å². The van der Waals surface area contributed by atoms with Crippen molar-refractivity contribution in [1.82, 2.24) is 0 Å². The fraction of sp³-hybridized carbons (Fsp3) is 0. The molecule has 0 saturated heterocycles. The molecule has 0 atom stereocenters. The summed E-state index contributed by atoms with van der Waals surface area (Å²) in [6, 6.07) is 53.4. The first-order valence-electron chi connectivity index (χ1n) is 13.2. The Hall–Kier alpha value is -4.94. The summed E-state index contributed by atoms with van der Waals surface area (Å²) in [4.78, 5) is 0. The van der Waals surface area contributed by atoms with Crippen molar-refractivity contribution < 1.29 is 0 Å². The summed E-state index contributed by atoms with van der Waals surface area (Å²) in [7, 11) is 0. The SMILES string of the molecule is c1ccc(-c2c3ccccc3cc3ccc(-c4c5ccccc5cc5c4ccc4ccccc45)cc23)cc1. The number of hydrogen-bond donors (Lipinski definition) is 0. The molecule has 0 radical (unpaired) electrons. The molecular formula is C38H24. The molecule has 0 saturated carbocycles. The van der Waals surface area contributed by atoms with Crippen LogP contribution in [0.3, 0.4) is 0 Å². The highest BCUT2D eigenvalue weighted by Gasteiger charge is 2.15. The molecule has 0 aliphatic carbocycles. The van der Waals surface area contributed by atoms with E-state index < -0.39 is 0 Å². The standard InChI is InChI=1S/C38H24/c1-2-11-26(12-3-1)37-32-16-8-5-13-27(32)22-29-18-19-30(24-35(29)37)38-33-17-9-6-14-28(33)23-36-31-15-7-4-10-25(31)20-21-34(36)38/h1-24H. The van der Waals surface area contributed by atoms with Crippen LogP contribution in [0.15, 0.2) is 146 Å². The Labute approximate surface area is 221 Å². The molecule has 8 aromatic rings. The zero-order valence-corrected chi connectivity index (χ0v) is 20.9. The van der Waals surface area contributed by atoms with Crippen molar-refractivity contribution in [1.29, 1.82) is 0 Å². The van der Waals surface area contributed by atoms with Gasteiger partial charge in [-0.3, -0.25) is 0 Å². The minimum Gasteiger partial charge on any atom is -0.0622 e. The van der Waals surface area contributed by atoms with E-state index in [0.717, 1.165) is 0 Å². The van der Waals surface area contributed by atoms with Gasteiger partial charge in [0.2, 0.25) is 0 Å². The van der Waals surface area contributed by atoms with Gasteiger partial charge in [-0.1, -0.05) is 127 Å². The van der Waals surface area contributed by atoms with Gasteiger partial charge in [-0.2, -0.15) is 0 Å². The molecule has 0 N–H and O–H groups in total. The second kappa shape index (κ2) is 8.30. The smallest absolute Gasteiger partial charge is 0.00264 e. The summed E-state index contributed by atoms with van der Waals surface area (Å²) in [5.41, 5.74) is 5.11. The Bertz CT molecular complexity index is 2170. The van der Waals surface area contributed by atoms with Crippen LogP contribution in [0.25, 0.3) is 76.1 Å². The third kappa shape index (κ3) is 3.17. The molecule has 0 heteroatoms. The summed E-state index contributed by atoms with van der Waals surface area (Å²) >= 11 is 0. The fourth-order valence-corrected chi connectivity index (χ4v) is 6.26. The van der Waals surface area contributed by atoms with Crippen molar-refractivity contribution >= 4 is 53.9 Å². The number of hydrogen-bond acceptors (Lipinski definition) is 0. The third-order valence-electron chi connectivity index (χ3n) is 7.98. The van der Waals surface area contributed by atoms with Gasteiger partial charge < -0.3 is 0 Å². The lowest BCUT2D eigenvalue weighted by Gasteiger charge is -2.17. The average molecular weight is 481 g/mol. The first-order valence-corrected chi connectivity index (χ1v) is 13.2. The van der Waals surface area contributed by atoms with Crippen molar-refractivity contribution in [2.75, 3.05) is 0 Å². The summed E-state index contributed by atoms with van der Waals surface area (Å²) in [5, 5.41) is 12.8. The quantitative estimate of drug-likeness (QED) is 0.170. The second-order valence-electron chi connectivity index (χ2n) is 10.1. The number of benzene rings is 8. The maximum atomic E-state index is 2.42. The second-order valence-corrected chi connectivity index (χ2v) is 10.1. The molecule has 176 valence electrons. The molecule has 0 fully saturated rings. The van der Waals surface area contributed by atoms with E-state index in [2.05, 4.69) is 146 Å². The van der Waals surface area contributed by atoms with Gasteiger partial charge in [-0.05, 0) is 94.3 Å². The highest BCUT2D eigenvalue weighted by molar-refractivity contribution is 6.21. The van der Waals surface area contributed by atoms with Crippen LogP contribution in [0, 0.1) is 0 Å². The van der Waals surface area contributed by atoms with Gasteiger partial charge in [0.15, 0.2) is 0 Å². The topological polar surface area (TPSA) is 0 Å². The normalized spacial score (nSPS) is 11.7. The molecule has 8 aromatic carbocycles. The van der Waals surface area contributed by atoms with Gasteiger partial charge in [0, 0.05) is 0 Å². The lowest BCUT2D eigenvalue weighted by Crippen LogP contribution is -1.89. The number of rotatable bonds is 2. The van der Waals surface area contributed by atoms with Crippen LogP contribution in [0.1, 0.15) is 0 Å². The van der Waals surface area contributed by atoms with Gasteiger partial charge in [0.05, 0.1) is 0 Å².